The number of carbonyl (C=O) groups excluding carboxylic acids is 1. The first-order chi connectivity index (χ1) is 14.5. The first-order valence-corrected chi connectivity index (χ1v) is 9.52. The van der Waals surface area contributed by atoms with Crippen LogP contribution in [0.1, 0.15) is 31.1 Å². The van der Waals surface area contributed by atoms with E-state index in [0.717, 1.165) is 0 Å². The van der Waals surface area contributed by atoms with Crippen LogP contribution in [0.4, 0.5) is 10.4 Å². The van der Waals surface area contributed by atoms with Crippen LogP contribution in [0, 0.1) is 5.82 Å². The molecule has 3 rings (SSSR count). The van der Waals surface area contributed by atoms with Gasteiger partial charge in [0.25, 0.3) is 5.91 Å². The van der Waals surface area contributed by atoms with Crippen LogP contribution in [0.3, 0.4) is 0 Å². The highest BCUT2D eigenvalue weighted by Gasteiger charge is 2.20. The van der Waals surface area contributed by atoms with Gasteiger partial charge >= 0.3 is 6.01 Å². The number of rotatable bonds is 9. The molecule has 0 saturated heterocycles. The van der Waals surface area contributed by atoms with E-state index in [1.165, 1.54) is 24.3 Å². The maximum absolute atomic E-state index is 13.1. The summed E-state index contributed by atoms with van der Waals surface area (Å²) in [5, 5.41) is 10.2. The number of halogens is 1. The summed E-state index contributed by atoms with van der Waals surface area (Å²) in [6, 6.07) is 8.59. The van der Waals surface area contributed by atoms with Gasteiger partial charge in [-0.1, -0.05) is 5.10 Å². The lowest BCUT2D eigenvalue weighted by Gasteiger charge is -2.16. The van der Waals surface area contributed by atoms with Crippen LogP contribution in [0.5, 0.6) is 17.2 Å². The number of nitrogens with one attached hydrogen (secondary N) is 1. The molecule has 8 nitrogen and oxygen atoms in total. The fourth-order valence-electron chi connectivity index (χ4n) is 2.67. The molecule has 0 atom stereocenters. The smallest absolute Gasteiger partial charge is 0.322 e. The summed E-state index contributed by atoms with van der Waals surface area (Å²) in [4.78, 5) is 12.7. The van der Waals surface area contributed by atoms with Gasteiger partial charge in [-0.25, -0.2) is 4.39 Å². The fourth-order valence-corrected chi connectivity index (χ4v) is 2.67. The quantitative estimate of drug-likeness (QED) is 0.556. The van der Waals surface area contributed by atoms with Gasteiger partial charge in [-0.2, -0.15) is 0 Å². The summed E-state index contributed by atoms with van der Waals surface area (Å²) in [6.07, 6.45) is 0. The second-order valence-corrected chi connectivity index (χ2v) is 5.97. The van der Waals surface area contributed by atoms with Crippen molar-refractivity contribution in [3.8, 4) is 28.7 Å². The topological polar surface area (TPSA) is 95.7 Å². The summed E-state index contributed by atoms with van der Waals surface area (Å²) in [7, 11) is 0. The van der Waals surface area contributed by atoms with E-state index >= 15 is 0 Å². The van der Waals surface area contributed by atoms with Crippen molar-refractivity contribution >= 4 is 11.9 Å². The highest BCUT2D eigenvalue weighted by Crippen LogP contribution is 2.39. The van der Waals surface area contributed by atoms with Gasteiger partial charge in [0, 0.05) is 11.1 Å². The largest absolute Gasteiger partial charge is 0.490 e. The Kier molecular flexibility index (Phi) is 6.84. The van der Waals surface area contributed by atoms with E-state index in [1.807, 2.05) is 20.8 Å². The minimum Gasteiger partial charge on any atom is -0.490 e. The molecule has 0 radical (unpaired) electrons. The van der Waals surface area contributed by atoms with Gasteiger partial charge < -0.3 is 18.6 Å². The standard InChI is InChI=1S/C21H22FN3O5/c1-4-27-16-11-14(12-17(28-5-2)18(16)29-6-3)19(26)23-21-25-24-20(30-21)13-7-9-15(22)10-8-13/h7-12H,4-6H2,1-3H3,(H,23,25,26). The van der Waals surface area contributed by atoms with E-state index in [0.29, 0.717) is 42.6 Å². The molecular formula is C21H22FN3O5. The molecule has 158 valence electrons. The van der Waals surface area contributed by atoms with E-state index in [9.17, 15) is 9.18 Å². The number of ether oxygens (including phenoxy) is 3. The molecule has 0 bridgehead atoms. The van der Waals surface area contributed by atoms with Gasteiger partial charge in [0.1, 0.15) is 5.82 Å². The monoisotopic (exact) mass is 415 g/mol. The summed E-state index contributed by atoms with van der Waals surface area (Å²) in [5.74, 6) is 0.517. The third-order valence-corrected chi connectivity index (χ3v) is 3.91. The number of hydrogen-bond acceptors (Lipinski definition) is 7. The normalized spacial score (nSPS) is 10.5. The Morgan fingerprint density at radius 2 is 1.57 bits per heavy atom. The zero-order valence-electron chi connectivity index (χ0n) is 16.9. The molecule has 1 N–H and O–H groups in total. The number of benzene rings is 2. The lowest BCUT2D eigenvalue weighted by atomic mass is 10.1. The van der Waals surface area contributed by atoms with Crippen molar-refractivity contribution in [2.24, 2.45) is 0 Å². The lowest BCUT2D eigenvalue weighted by Crippen LogP contribution is -2.13. The molecule has 0 unspecified atom stereocenters. The van der Waals surface area contributed by atoms with Crippen molar-refractivity contribution in [3.63, 3.8) is 0 Å². The third kappa shape index (κ3) is 4.86. The number of carbonyl (C=O) groups is 1. The average Bonchev–Trinajstić information content (AvgIpc) is 3.19. The molecule has 0 aliphatic carbocycles. The van der Waals surface area contributed by atoms with Crippen molar-refractivity contribution < 1.29 is 27.8 Å². The molecule has 1 aromatic heterocycles. The van der Waals surface area contributed by atoms with Crippen molar-refractivity contribution in [1.29, 1.82) is 0 Å². The summed E-state index contributed by atoms with van der Waals surface area (Å²) < 4.78 is 35.4. The maximum Gasteiger partial charge on any atom is 0.322 e. The molecule has 3 aromatic rings. The van der Waals surface area contributed by atoms with Crippen LogP contribution >= 0.6 is 0 Å². The van der Waals surface area contributed by atoms with E-state index in [2.05, 4.69) is 15.5 Å². The molecule has 0 aliphatic rings. The SMILES string of the molecule is CCOc1cc(C(=O)Nc2nnc(-c3ccc(F)cc3)o2)cc(OCC)c1OCC. The van der Waals surface area contributed by atoms with Gasteiger partial charge in [-0.3, -0.25) is 10.1 Å². The Hall–Kier alpha value is -3.62. The number of aromatic nitrogens is 2. The Labute approximate surface area is 173 Å². The van der Waals surface area contributed by atoms with Crippen LogP contribution in [0.15, 0.2) is 40.8 Å². The molecule has 9 heteroatoms. The fraction of sp³-hybridized carbons (Fsp3) is 0.286. The molecular weight excluding hydrogens is 393 g/mol. The highest BCUT2D eigenvalue weighted by molar-refractivity contribution is 6.04. The van der Waals surface area contributed by atoms with Gasteiger partial charge in [0.2, 0.25) is 11.6 Å². The molecule has 1 heterocycles. The number of amides is 1. The van der Waals surface area contributed by atoms with Crippen molar-refractivity contribution in [3.05, 3.63) is 47.8 Å². The van der Waals surface area contributed by atoms with E-state index in [4.69, 9.17) is 18.6 Å². The number of hydrogen-bond donors (Lipinski definition) is 1. The molecule has 2 aromatic carbocycles. The minimum absolute atomic E-state index is 0.0934. The summed E-state index contributed by atoms with van der Waals surface area (Å²) in [5.41, 5.74) is 0.801. The molecule has 30 heavy (non-hydrogen) atoms. The van der Waals surface area contributed by atoms with Crippen LogP contribution in [-0.2, 0) is 0 Å². The van der Waals surface area contributed by atoms with Crippen molar-refractivity contribution in [2.45, 2.75) is 20.8 Å². The van der Waals surface area contributed by atoms with E-state index < -0.39 is 5.91 Å². The first kappa shape index (κ1) is 21.1. The van der Waals surface area contributed by atoms with Gasteiger partial charge in [-0.05, 0) is 57.2 Å². The zero-order valence-corrected chi connectivity index (χ0v) is 16.9. The predicted molar refractivity (Wildman–Crippen MR) is 108 cm³/mol. The number of nitrogens with zero attached hydrogens (tertiary/aromatic N) is 2. The van der Waals surface area contributed by atoms with Crippen LogP contribution in [-0.4, -0.2) is 35.9 Å². The number of anilines is 1. The second kappa shape index (κ2) is 9.73. The van der Waals surface area contributed by atoms with E-state index in [1.54, 1.807) is 12.1 Å². The Morgan fingerprint density at radius 3 is 2.13 bits per heavy atom. The lowest BCUT2D eigenvalue weighted by molar-refractivity contribution is 0.102. The average molecular weight is 415 g/mol. The maximum atomic E-state index is 13.1. The van der Waals surface area contributed by atoms with Crippen molar-refractivity contribution in [1.82, 2.24) is 10.2 Å². The molecule has 0 spiro atoms. The third-order valence-electron chi connectivity index (χ3n) is 3.91. The molecule has 0 aliphatic heterocycles. The Bertz CT molecular complexity index is 977. The predicted octanol–water partition coefficient (Wildman–Crippen LogP) is 4.32. The van der Waals surface area contributed by atoms with Gasteiger partial charge in [-0.15, -0.1) is 5.10 Å². The molecule has 0 fully saturated rings. The first-order valence-electron chi connectivity index (χ1n) is 9.52. The Morgan fingerprint density at radius 1 is 0.967 bits per heavy atom. The molecule has 1 amide bonds. The Balaban J connectivity index is 1.85. The van der Waals surface area contributed by atoms with Crippen LogP contribution in [0.25, 0.3) is 11.5 Å². The van der Waals surface area contributed by atoms with Crippen molar-refractivity contribution in [2.75, 3.05) is 25.1 Å². The highest BCUT2D eigenvalue weighted by atomic mass is 19.1. The van der Waals surface area contributed by atoms with E-state index in [-0.39, 0.29) is 23.3 Å². The van der Waals surface area contributed by atoms with Crippen LogP contribution < -0.4 is 19.5 Å². The van der Waals surface area contributed by atoms with Gasteiger partial charge in [0.05, 0.1) is 19.8 Å². The summed E-state index contributed by atoms with van der Waals surface area (Å²) >= 11 is 0. The minimum atomic E-state index is -0.491. The molecule has 0 saturated carbocycles. The van der Waals surface area contributed by atoms with Gasteiger partial charge in [0.15, 0.2) is 11.5 Å². The zero-order chi connectivity index (χ0) is 21.5. The van der Waals surface area contributed by atoms with Crippen LogP contribution in [0.2, 0.25) is 0 Å². The summed E-state index contributed by atoms with van der Waals surface area (Å²) in [6.45, 7) is 6.71. The second-order valence-electron chi connectivity index (χ2n) is 5.97.